The Balaban J connectivity index is 1.32. The van der Waals surface area contributed by atoms with Crippen LogP contribution in [-0.4, -0.2) is 58.7 Å². The Morgan fingerprint density at radius 2 is 1.84 bits per heavy atom. The van der Waals surface area contributed by atoms with Gasteiger partial charge in [0.1, 0.15) is 11.4 Å². The summed E-state index contributed by atoms with van der Waals surface area (Å²) in [7, 11) is 2.20. The van der Waals surface area contributed by atoms with E-state index in [1.165, 1.54) is 24.1 Å². The quantitative estimate of drug-likeness (QED) is 0.757. The van der Waals surface area contributed by atoms with Crippen LogP contribution in [0.3, 0.4) is 0 Å². The highest BCUT2D eigenvalue weighted by molar-refractivity contribution is 5.77. The molecule has 0 radical (unpaired) electrons. The van der Waals surface area contributed by atoms with Crippen LogP contribution in [-0.2, 0) is 10.4 Å². The highest BCUT2D eigenvalue weighted by atomic mass is 16.5. The Bertz CT molecular complexity index is 979. The summed E-state index contributed by atoms with van der Waals surface area (Å²) in [6.45, 7) is 3.76. The van der Waals surface area contributed by atoms with E-state index in [4.69, 9.17) is 9.84 Å². The molecule has 0 bridgehead atoms. The molecule has 2 aromatic rings. The lowest BCUT2D eigenvalue weighted by Crippen LogP contribution is -2.49. The van der Waals surface area contributed by atoms with Crippen molar-refractivity contribution in [1.29, 1.82) is 0 Å². The predicted molar refractivity (Wildman–Crippen MR) is 119 cm³/mol. The molecule has 1 aromatic heterocycles. The number of hydrogen-bond acceptors (Lipinski definition) is 4. The van der Waals surface area contributed by atoms with Gasteiger partial charge in [0.25, 0.3) is 0 Å². The highest BCUT2D eigenvalue weighted by Crippen LogP contribution is 2.50. The summed E-state index contributed by atoms with van der Waals surface area (Å²) in [6.07, 6.45) is 9.18. The Morgan fingerprint density at radius 3 is 2.58 bits per heavy atom. The molecule has 1 aliphatic carbocycles. The lowest BCUT2D eigenvalue weighted by atomic mass is 9.80. The van der Waals surface area contributed by atoms with E-state index in [1.54, 1.807) is 0 Å². The second kappa shape index (κ2) is 7.37. The molecule has 0 unspecified atom stereocenters. The molecular formula is C25H32N4O2. The van der Waals surface area contributed by atoms with E-state index in [0.29, 0.717) is 17.9 Å². The standard InChI is InChI=1S/C25H32N4O2/c1-27-12-8-19(9-13-27)29-24-20-4-2-3-5-22(20)31-25(21(24)17-26-29)10-14-28(15-11-25)23(30)16-18-6-7-18/h2-5,17-19H,6-16H2,1H3. The number of likely N-dealkylation sites (tertiary alicyclic amines) is 2. The number of aromatic nitrogens is 2. The molecule has 3 aliphatic heterocycles. The van der Waals surface area contributed by atoms with Crippen molar-refractivity contribution in [3.05, 3.63) is 36.0 Å². The first-order valence-electron chi connectivity index (χ1n) is 12.0. The van der Waals surface area contributed by atoms with Crippen LogP contribution in [0.5, 0.6) is 5.75 Å². The van der Waals surface area contributed by atoms with Gasteiger partial charge >= 0.3 is 0 Å². The van der Waals surface area contributed by atoms with E-state index in [2.05, 4.69) is 52.0 Å². The van der Waals surface area contributed by atoms with Crippen molar-refractivity contribution in [3.63, 3.8) is 0 Å². The van der Waals surface area contributed by atoms with Gasteiger partial charge in [-0.25, -0.2) is 0 Å². The van der Waals surface area contributed by atoms with E-state index in [1.807, 2.05) is 0 Å². The van der Waals surface area contributed by atoms with E-state index in [0.717, 1.165) is 69.6 Å². The molecular weight excluding hydrogens is 388 g/mol. The fourth-order valence-electron chi connectivity index (χ4n) is 5.68. The number of carbonyl (C=O) groups is 1. The second-order valence-corrected chi connectivity index (χ2v) is 10.0. The molecule has 6 heteroatoms. The Labute approximate surface area is 184 Å². The maximum atomic E-state index is 12.7. The molecule has 4 aliphatic rings. The van der Waals surface area contributed by atoms with Crippen molar-refractivity contribution >= 4 is 5.91 Å². The summed E-state index contributed by atoms with van der Waals surface area (Å²) in [4.78, 5) is 17.1. The monoisotopic (exact) mass is 420 g/mol. The van der Waals surface area contributed by atoms with Crippen molar-refractivity contribution in [3.8, 4) is 17.0 Å². The van der Waals surface area contributed by atoms with Crippen molar-refractivity contribution in [2.24, 2.45) is 5.92 Å². The van der Waals surface area contributed by atoms with Gasteiger partial charge in [0.05, 0.1) is 17.9 Å². The van der Waals surface area contributed by atoms with Crippen molar-refractivity contribution in [2.45, 2.75) is 56.6 Å². The first kappa shape index (κ1) is 19.4. The first-order chi connectivity index (χ1) is 15.1. The largest absolute Gasteiger partial charge is 0.482 e. The Hall–Kier alpha value is -2.34. The van der Waals surface area contributed by atoms with E-state index in [-0.39, 0.29) is 5.60 Å². The van der Waals surface area contributed by atoms with Gasteiger partial charge in [-0.2, -0.15) is 5.10 Å². The number of rotatable bonds is 3. The molecule has 4 heterocycles. The van der Waals surface area contributed by atoms with Gasteiger partial charge in [0, 0.05) is 43.5 Å². The van der Waals surface area contributed by atoms with Gasteiger partial charge in [-0.3, -0.25) is 9.48 Å². The maximum Gasteiger partial charge on any atom is 0.222 e. The maximum absolute atomic E-state index is 12.7. The topological polar surface area (TPSA) is 50.6 Å². The van der Waals surface area contributed by atoms with E-state index >= 15 is 0 Å². The molecule has 1 aromatic carbocycles. The Morgan fingerprint density at radius 1 is 1.10 bits per heavy atom. The minimum atomic E-state index is -0.371. The van der Waals surface area contributed by atoms with Crippen molar-refractivity contribution < 1.29 is 9.53 Å². The minimum Gasteiger partial charge on any atom is -0.482 e. The summed E-state index contributed by atoms with van der Waals surface area (Å²) in [5.41, 5.74) is 3.25. The van der Waals surface area contributed by atoms with Crippen molar-refractivity contribution in [1.82, 2.24) is 19.6 Å². The third kappa shape index (κ3) is 3.36. The van der Waals surface area contributed by atoms with Gasteiger partial charge in [-0.05, 0) is 63.9 Å². The van der Waals surface area contributed by atoms with E-state index in [9.17, 15) is 4.79 Å². The molecule has 164 valence electrons. The highest BCUT2D eigenvalue weighted by Gasteiger charge is 2.46. The minimum absolute atomic E-state index is 0.329. The fraction of sp³-hybridized carbons (Fsp3) is 0.600. The lowest BCUT2D eigenvalue weighted by molar-refractivity contribution is -0.135. The summed E-state index contributed by atoms with van der Waals surface area (Å²) in [5, 5.41) is 4.93. The smallest absolute Gasteiger partial charge is 0.222 e. The summed E-state index contributed by atoms with van der Waals surface area (Å²) >= 11 is 0. The molecule has 0 N–H and O–H groups in total. The third-order valence-corrected chi connectivity index (χ3v) is 7.85. The SMILES string of the molecule is CN1CCC(n2ncc3c2-c2ccccc2OC32CCN(C(=O)CC3CC3)CC2)CC1. The summed E-state index contributed by atoms with van der Waals surface area (Å²) < 4.78 is 9.01. The normalized spacial score (nSPS) is 23.3. The number of benzene rings is 1. The van der Waals surface area contributed by atoms with Gasteiger partial charge in [0.15, 0.2) is 0 Å². The van der Waals surface area contributed by atoms with Crippen molar-refractivity contribution in [2.75, 3.05) is 33.2 Å². The van der Waals surface area contributed by atoms with Gasteiger partial charge < -0.3 is 14.5 Å². The fourth-order valence-corrected chi connectivity index (χ4v) is 5.68. The number of fused-ring (bicyclic) bond motifs is 4. The predicted octanol–water partition coefficient (Wildman–Crippen LogP) is 3.83. The molecule has 6 rings (SSSR count). The number of hydrogen-bond donors (Lipinski definition) is 0. The number of carbonyl (C=O) groups excluding carboxylic acids is 1. The van der Waals surface area contributed by atoms with Crippen LogP contribution in [0.4, 0.5) is 0 Å². The Kier molecular flexibility index (Phi) is 4.60. The number of nitrogens with zero attached hydrogens (tertiary/aromatic N) is 4. The van der Waals surface area contributed by atoms with Crippen LogP contribution in [0.25, 0.3) is 11.3 Å². The zero-order chi connectivity index (χ0) is 21.0. The van der Waals surface area contributed by atoms with Gasteiger partial charge in [0.2, 0.25) is 5.91 Å². The van der Waals surface area contributed by atoms with Gasteiger partial charge in [-0.15, -0.1) is 0 Å². The van der Waals surface area contributed by atoms with Gasteiger partial charge in [-0.1, -0.05) is 12.1 Å². The molecule has 3 fully saturated rings. The zero-order valence-corrected chi connectivity index (χ0v) is 18.4. The van der Waals surface area contributed by atoms with Crippen LogP contribution >= 0.6 is 0 Å². The molecule has 1 spiro atoms. The number of amides is 1. The van der Waals surface area contributed by atoms with Crippen LogP contribution in [0.15, 0.2) is 30.5 Å². The summed E-state index contributed by atoms with van der Waals surface area (Å²) in [5.74, 6) is 1.93. The molecule has 1 saturated carbocycles. The van der Waals surface area contributed by atoms with Crippen LogP contribution in [0, 0.1) is 5.92 Å². The number of piperidine rings is 2. The van der Waals surface area contributed by atoms with E-state index < -0.39 is 0 Å². The molecule has 2 saturated heterocycles. The van der Waals surface area contributed by atoms with Crippen LogP contribution in [0.2, 0.25) is 0 Å². The number of para-hydroxylation sites is 1. The lowest BCUT2D eigenvalue weighted by Gasteiger charge is -2.44. The number of ether oxygens (including phenoxy) is 1. The average molecular weight is 421 g/mol. The molecule has 31 heavy (non-hydrogen) atoms. The second-order valence-electron chi connectivity index (χ2n) is 10.0. The average Bonchev–Trinajstić information content (AvgIpc) is 3.48. The summed E-state index contributed by atoms with van der Waals surface area (Å²) in [6, 6.07) is 8.85. The van der Waals surface area contributed by atoms with Crippen LogP contribution < -0.4 is 4.74 Å². The first-order valence-corrected chi connectivity index (χ1v) is 12.0. The zero-order valence-electron chi connectivity index (χ0n) is 18.4. The third-order valence-electron chi connectivity index (χ3n) is 7.85. The molecule has 1 amide bonds. The molecule has 0 atom stereocenters. The van der Waals surface area contributed by atoms with Crippen LogP contribution in [0.1, 0.15) is 56.6 Å². The molecule has 6 nitrogen and oxygen atoms in total.